The van der Waals surface area contributed by atoms with Gasteiger partial charge < -0.3 is 4.98 Å². The number of hydrogen-bond donors (Lipinski definition) is 2. The molecular weight excluding hydrogens is 386 g/mol. The number of benzene rings is 3. The summed E-state index contributed by atoms with van der Waals surface area (Å²) in [6.07, 6.45) is 1.58. The van der Waals surface area contributed by atoms with Gasteiger partial charge in [-0.15, -0.1) is 0 Å². The zero-order valence-electron chi connectivity index (χ0n) is 15.5. The first-order valence-corrected chi connectivity index (χ1v) is 8.92. The Hall–Kier alpha value is -4.53. The van der Waals surface area contributed by atoms with Crippen LogP contribution in [0, 0.1) is 20.2 Å². The predicted molar refractivity (Wildman–Crippen MR) is 115 cm³/mol. The average molecular weight is 401 g/mol. The van der Waals surface area contributed by atoms with E-state index in [4.69, 9.17) is 0 Å². The molecule has 0 aliphatic rings. The zero-order chi connectivity index (χ0) is 21.1. The highest BCUT2D eigenvalue weighted by Gasteiger charge is 2.19. The Bertz CT molecular complexity index is 1280. The summed E-state index contributed by atoms with van der Waals surface area (Å²) in [5.74, 6) is 0. The molecule has 0 aliphatic heterocycles. The molecule has 0 saturated heterocycles. The summed E-state index contributed by atoms with van der Waals surface area (Å²) < 4.78 is 0. The molecule has 0 spiro atoms. The summed E-state index contributed by atoms with van der Waals surface area (Å²) in [6, 6.07) is 20.8. The minimum Gasteiger partial charge on any atom is -0.354 e. The van der Waals surface area contributed by atoms with Gasteiger partial charge in [-0.25, -0.2) is 0 Å². The second-order valence-corrected chi connectivity index (χ2v) is 6.41. The number of hydrazone groups is 1. The van der Waals surface area contributed by atoms with Gasteiger partial charge in [-0.3, -0.25) is 25.7 Å². The third kappa shape index (κ3) is 3.59. The Kier molecular flexibility index (Phi) is 4.92. The van der Waals surface area contributed by atoms with E-state index in [1.54, 1.807) is 6.21 Å². The highest BCUT2D eigenvalue weighted by molar-refractivity contribution is 6.06. The molecule has 4 aromatic rings. The lowest BCUT2D eigenvalue weighted by molar-refractivity contribution is -0.393. The first-order valence-electron chi connectivity index (χ1n) is 8.92. The van der Waals surface area contributed by atoms with Crippen LogP contribution in [0.3, 0.4) is 0 Å². The number of hydrogen-bond acceptors (Lipinski definition) is 6. The molecule has 0 bridgehead atoms. The summed E-state index contributed by atoms with van der Waals surface area (Å²) in [4.78, 5) is 24.2. The molecule has 9 heteroatoms. The first kappa shape index (κ1) is 18.8. The van der Waals surface area contributed by atoms with Crippen LogP contribution in [0.5, 0.6) is 0 Å². The molecule has 30 heavy (non-hydrogen) atoms. The molecular formula is C21H15N5O4. The van der Waals surface area contributed by atoms with Gasteiger partial charge in [0.1, 0.15) is 5.69 Å². The minimum atomic E-state index is -0.689. The largest absolute Gasteiger partial charge is 0.354 e. The number of aromatic amines is 1. The second kappa shape index (κ2) is 7.84. The Labute approximate surface area is 170 Å². The standard InChI is InChI=1S/C21H15N5O4/c27-25(28)15-10-11-19(20(12-15)26(29)30)24-22-13-17-16-8-4-5-9-18(16)23-21(17)14-6-2-1-3-7-14/h1-13,23-24H. The van der Waals surface area contributed by atoms with Crippen molar-refractivity contribution in [2.45, 2.75) is 0 Å². The summed E-state index contributed by atoms with van der Waals surface area (Å²) in [7, 11) is 0. The van der Waals surface area contributed by atoms with Crippen LogP contribution < -0.4 is 5.43 Å². The third-order valence-corrected chi connectivity index (χ3v) is 4.58. The molecule has 1 aromatic heterocycles. The van der Waals surface area contributed by atoms with Crippen molar-refractivity contribution in [3.63, 3.8) is 0 Å². The maximum atomic E-state index is 11.3. The average Bonchev–Trinajstić information content (AvgIpc) is 3.13. The van der Waals surface area contributed by atoms with E-state index in [9.17, 15) is 20.2 Å². The van der Waals surface area contributed by atoms with Gasteiger partial charge in [0.25, 0.3) is 5.69 Å². The fourth-order valence-corrected chi connectivity index (χ4v) is 3.18. The quantitative estimate of drug-likeness (QED) is 0.264. The van der Waals surface area contributed by atoms with Gasteiger partial charge in [0.2, 0.25) is 0 Å². The van der Waals surface area contributed by atoms with E-state index in [2.05, 4.69) is 15.5 Å². The van der Waals surface area contributed by atoms with Crippen molar-refractivity contribution in [3.8, 4) is 11.3 Å². The second-order valence-electron chi connectivity index (χ2n) is 6.41. The van der Waals surface area contributed by atoms with E-state index in [-0.39, 0.29) is 11.4 Å². The van der Waals surface area contributed by atoms with Crippen LogP contribution in [-0.2, 0) is 0 Å². The van der Waals surface area contributed by atoms with Gasteiger partial charge in [0.15, 0.2) is 0 Å². The molecule has 0 saturated carbocycles. The van der Waals surface area contributed by atoms with Crippen molar-refractivity contribution in [1.82, 2.24) is 4.98 Å². The van der Waals surface area contributed by atoms with E-state index in [0.717, 1.165) is 33.8 Å². The van der Waals surface area contributed by atoms with E-state index in [0.29, 0.717) is 0 Å². The number of nitro groups is 2. The number of nitrogens with one attached hydrogen (secondary N) is 2. The van der Waals surface area contributed by atoms with Gasteiger partial charge in [0, 0.05) is 22.5 Å². The molecule has 0 aliphatic carbocycles. The Morgan fingerprint density at radius 1 is 0.900 bits per heavy atom. The summed E-state index contributed by atoms with van der Waals surface area (Å²) in [5, 5.41) is 27.3. The number of anilines is 1. The van der Waals surface area contributed by atoms with Gasteiger partial charge >= 0.3 is 5.69 Å². The first-order chi connectivity index (χ1) is 14.5. The molecule has 4 rings (SSSR count). The van der Waals surface area contributed by atoms with Crippen LogP contribution in [0.25, 0.3) is 22.2 Å². The van der Waals surface area contributed by atoms with Crippen molar-refractivity contribution < 1.29 is 9.85 Å². The lowest BCUT2D eigenvalue weighted by Crippen LogP contribution is -1.99. The van der Waals surface area contributed by atoms with E-state index >= 15 is 0 Å². The van der Waals surface area contributed by atoms with Gasteiger partial charge in [-0.05, 0) is 17.7 Å². The minimum absolute atomic E-state index is 0.0583. The van der Waals surface area contributed by atoms with Crippen molar-refractivity contribution in [2.24, 2.45) is 5.10 Å². The molecule has 0 unspecified atom stereocenters. The van der Waals surface area contributed by atoms with Crippen molar-refractivity contribution >= 4 is 34.2 Å². The smallest absolute Gasteiger partial charge is 0.301 e. The fraction of sp³-hybridized carbons (Fsp3) is 0. The normalized spacial score (nSPS) is 11.1. The molecule has 0 radical (unpaired) electrons. The molecule has 148 valence electrons. The molecule has 1 heterocycles. The molecule has 0 amide bonds. The maximum Gasteiger partial charge on any atom is 0.301 e. The highest BCUT2D eigenvalue weighted by Crippen LogP contribution is 2.30. The lowest BCUT2D eigenvalue weighted by atomic mass is 10.1. The number of rotatable bonds is 6. The maximum absolute atomic E-state index is 11.3. The van der Waals surface area contributed by atoms with E-state index in [1.807, 2.05) is 54.6 Å². The SMILES string of the molecule is O=[N+]([O-])c1ccc(NN=Cc2c(-c3ccccc3)[nH]c3ccccc23)c([N+](=O)[O-])c1. The summed E-state index contributed by atoms with van der Waals surface area (Å²) in [6.45, 7) is 0. The highest BCUT2D eigenvalue weighted by atomic mass is 16.6. The summed E-state index contributed by atoms with van der Waals surface area (Å²) in [5.41, 5.74) is 5.48. The van der Waals surface area contributed by atoms with Crippen LogP contribution in [0.15, 0.2) is 77.9 Å². The number of fused-ring (bicyclic) bond motifs is 1. The summed E-state index contributed by atoms with van der Waals surface area (Å²) >= 11 is 0. The molecule has 2 N–H and O–H groups in total. The van der Waals surface area contributed by atoms with Crippen molar-refractivity contribution in [1.29, 1.82) is 0 Å². The van der Waals surface area contributed by atoms with E-state index in [1.165, 1.54) is 12.1 Å². The third-order valence-electron chi connectivity index (χ3n) is 4.58. The fourth-order valence-electron chi connectivity index (χ4n) is 3.18. The Morgan fingerprint density at radius 3 is 2.37 bits per heavy atom. The van der Waals surface area contributed by atoms with Gasteiger partial charge in [-0.2, -0.15) is 5.10 Å². The monoisotopic (exact) mass is 401 g/mol. The van der Waals surface area contributed by atoms with Crippen LogP contribution in [0.2, 0.25) is 0 Å². The van der Waals surface area contributed by atoms with Crippen LogP contribution in [0.1, 0.15) is 5.56 Å². The van der Waals surface area contributed by atoms with Gasteiger partial charge in [0.05, 0.1) is 27.8 Å². The molecule has 0 fully saturated rings. The zero-order valence-corrected chi connectivity index (χ0v) is 15.5. The van der Waals surface area contributed by atoms with Crippen molar-refractivity contribution in [3.05, 3.63) is 98.6 Å². The predicted octanol–water partition coefficient (Wildman–Crippen LogP) is 5.10. The molecule has 3 aromatic carbocycles. The van der Waals surface area contributed by atoms with E-state index < -0.39 is 15.5 Å². The van der Waals surface area contributed by atoms with Gasteiger partial charge in [-0.1, -0.05) is 48.5 Å². The lowest BCUT2D eigenvalue weighted by Gasteiger charge is -2.03. The number of H-pyrrole nitrogens is 1. The number of para-hydroxylation sites is 1. The number of nitrogens with zero attached hydrogens (tertiary/aromatic N) is 3. The number of nitro benzene ring substituents is 2. The van der Waals surface area contributed by atoms with Crippen molar-refractivity contribution in [2.75, 3.05) is 5.43 Å². The Balaban J connectivity index is 1.72. The molecule has 0 atom stereocenters. The van der Waals surface area contributed by atoms with Crippen LogP contribution in [0.4, 0.5) is 17.1 Å². The van der Waals surface area contributed by atoms with Crippen LogP contribution >= 0.6 is 0 Å². The molecule has 9 nitrogen and oxygen atoms in total. The number of non-ortho nitro benzene ring substituents is 1. The topological polar surface area (TPSA) is 126 Å². The Morgan fingerprint density at radius 2 is 1.63 bits per heavy atom. The van der Waals surface area contributed by atoms with Crippen LogP contribution in [-0.4, -0.2) is 21.0 Å². The number of aromatic nitrogens is 1.